The van der Waals surface area contributed by atoms with E-state index >= 15 is 0 Å². The summed E-state index contributed by atoms with van der Waals surface area (Å²) < 4.78 is 10.5. The molecule has 3 rings (SSSR count). The molecule has 0 spiro atoms. The number of carbonyl (C=O) groups is 2. The molecule has 0 bridgehead atoms. The Kier molecular flexibility index (Phi) is 4.23. The van der Waals surface area contributed by atoms with Crippen molar-refractivity contribution >= 4 is 23.2 Å². The summed E-state index contributed by atoms with van der Waals surface area (Å²) in [4.78, 5) is 26.3. The van der Waals surface area contributed by atoms with Gasteiger partial charge in [0.15, 0.2) is 11.5 Å². The highest BCUT2D eigenvalue weighted by Gasteiger charge is 2.41. The van der Waals surface area contributed by atoms with Gasteiger partial charge in [-0.15, -0.1) is 0 Å². The fraction of sp³-hybridized carbons (Fsp3) is 0.235. The molecule has 0 aliphatic carbocycles. The molecule has 0 radical (unpaired) electrons. The van der Waals surface area contributed by atoms with Crippen LogP contribution in [0.3, 0.4) is 0 Å². The Morgan fingerprint density at radius 3 is 2.29 bits per heavy atom. The number of thiophene rings is 1. The monoisotopic (exact) mass is 342 g/mol. The van der Waals surface area contributed by atoms with E-state index in [-0.39, 0.29) is 18.2 Å². The summed E-state index contributed by atoms with van der Waals surface area (Å²) in [6.07, 6.45) is 0.000661. The lowest BCUT2D eigenvalue weighted by molar-refractivity contribution is 0.0584. The molecule has 0 fully saturated rings. The first-order chi connectivity index (χ1) is 11.6. The molecule has 1 aliphatic heterocycles. The maximum atomic E-state index is 12.6. The Bertz CT molecular complexity index is 822. The second-order valence-electron chi connectivity index (χ2n) is 5.17. The van der Waals surface area contributed by atoms with E-state index < -0.39 is 6.04 Å². The predicted octanol–water partition coefficient (Wildman–Crippen LogP) is 3.02. The number of nitriles is 1. The van der Waals surface area contributed by atoms with Crippen molar-refractivity contribution < 1.29 is 19.1 Å². The van der Waals surface area contributed by atoms with Gasteiger partial charge in [0.1, 0.15) is 0 Å². The van der Waals surface area contributed by atoms with Gasteiger partial charge in [0.2, 0.25) is 0 Å². The van der Waals surface area contributed by atoms with E-state index in [9.17, 15) is 14.9 Å². The summed E-state index contributed by atoms with van der Waals surface area (Å²) in [7, 11) is 3.03. The minimum absolute atomic E-state index is 0.000661. The van der Waals surface area contributed by atoms with E-state index in [0.717, 1.165) is 4.90 Å². The zero-order valence-electron chi connectivity index (χ0n) is 13.1. The van der Waals surface area contributed by atoms with Gasteiger partial charge in [-0.1, -0.05) is 6.07 Å². The molecule has 122 valence electrons. The average molecular weight is 342 g/mol. The second-order valence-corrected chi connectivity index (χ2v) is 5.92. The van der Waals surface area contributed by atoms with Crippen molar-refractivity contribution in [2.45, 2.75) is 12.5 Å². The molecule has 24 heavy (non-hydrogen) atoms. The summed E-state index contributed by atoms with van der Waals surface area (Å²) in [5.74, 6) is 0.276. The number of hydrogen-bond donors (Lipinski definition) is 0. The highest BCUT2D eigenvalue weighted by atomic mass is 32.1. The van der Waals surface area contributed by atoms with Crippen molar-refractivity contribution in [2.75, 3.05) is 14.2 Å². The predicted molar refractivity (Wildman–Crippen MR) is 87.3 cm³/mol. The molecular weight excluding hydrogens is 328 g/mol. The average Bonchev–Trinajstić information content (AvgIpc) is 3.17. The summed E-state index contributed by atoms with van der Waals surface area (Å²) in [5, 5.41) is 12.5. The first-order valence-corrected chi connectivity index (χ1v) is 8.09. The number of fused-ring (bicyclic) bond motifs is 1. The van der Waals surface area contributed by atoms with Crippen LogP contribution in [-0.2, 0) is 0 Å². The molecule has 2 heterocycles. The molecule has 1 aromatic carbocycles. The Morgan fingerprint density at radius 2 is 1.75 bits per heavy atom. The van der Waals surface area contributed by atoms with Crippen LogP contribution in [0.4, 0.5) is 0 Å². The Hall–Kier alpha value is -2.85. The summed E-state index contributed by atoms with van der Waals surface area (Å²) in [5.41, 5.74) is 1.44. The lowest BCUT2D eigenvalue weighted by Gasteiger charge is -2.25. The minimum Gasteiger partial charge on any atom is -0.493 e. The van der Waals surface area contributed by atoms with Gasteiger partial charge in [-0.2, -0.15) is 16.6 Å². The van der Waals surface area contributed by atoms with Gasteiger partial charge < -0.3 is 9.47 Å². The third-order valence-corrected chi connectivity index (χ3v) is 4.69. The van der Waals surface area contributed by atoms with Crippen LogP contribution in [0, 0.1) is 11.3 Å². The standard InChI is InChI=1S/C17H14N2O4S/c1-22-14-4-3-10(7-15(14)23-2)13(5-6-18)19-16(20)11-8-24-9-12(11)17(19)21/h3-4,7-9,13H,5H2,1-2H3. The van der Waals surface area contributed by atoms with Crippen molar-refractivity contribution in [1.29, 1.82) is 5.26 Å². The van der Waals surface area contributed by atoms with Crippen LogP contribution < -0.4 is 9.47 Å². The molecule has 2 amide bonds. The smallest absolute Gasteiger partial charge is 0.263 e. The van der Waals surface area contributed by atoms with Gasteiger partial charge in [0.05, 0.1) is 43.9 Å². The van der Waals surface area contributed by atoms with E-state index in [4.69, 9.17) is 9.47 Å². The number of hydrogen-bond acceptors (Lipinski definition) is 6. The van der Waals surface area contributed by atoms with Crippen LogP contribution in [0.15, 0.2) is 29.0 Å². The fourth-order valence-electron chi connectivity index (χ4n) is 2.77. The van der Waals surface area contributed by atoms with Crippen LogP contribution in [0.2, 0.25) is 0 Å². The summed E-state index contributed by atoms with van der Waals surface area (Å²) in [6, 6.07) is 6.49. The van der Waals surface area contributed by atoms with Gasteiger partial charge in [-0.05, 0) is 17.7 Å². The Balaban J connectivity index is 2.03. The quantitative estimate of drug-likeness (QED) is 0.780. The number of ether oxygens (including phenoxy) is 2. The first-order valence-electron chi connectivity index (χ1n) is 7.15. The van der Waals surface area contributed by atoms with Crippen LogP contribution in [0.5, 0.6) is 11.5 Å². The molecule has 1 unspecified atom stereocenters. The third kappa shape index (κ3) is 2.41. The summed E-state index contributed by atoms with van der Waals surface area (Å²) in [6.45, 7) is 0. The first kappa shape index (κ1) is 16.0. The number of rotatable bonds is 5. The molecule has 1 atom stereocenters. The van der Waals surface area contributed by atoms with Crippen molar-refractivity contribution in [3.05, 3.63) is 45.6 Å². The number of amides is 2. The van der Waals surface area contributed by atoms with E-state index in [1.807, 2.05) is 0 Å². The van der Waals surface area contributed by atoms with Crippen LogP contribution in [0.25, 0.3) is 0 Å². The number of nitrogens with zero attached hydrogens (tertiary/aromatic N) is 2. The van der Waals surface area contributed by atoms with E-state index in [1.54, 1.807) is 29.0 Å². The highest BCUT2D eigenvalue weighted by molar-refractivity contribution is 7.08. The molecule has 7 heteroatoms. The maximum absolute atomic E-state index is 12.6. The fourth-order valence-corrected chi connectivity index (χ4v) is 3.56. The number of methoxy groups -OCH3 is 2. The minimum atomic E-state index is -0.674. The van der Waals surface area contributed by atoms with Crippen molar-refractivity contribution in [2.24, 2.45) is 0 Å². The van der Waals surface area contributed by atoms with Gasteiger partial charge in [0.25, 0.3) is 11.8 Å². The molecule has 0 saturated heterocycles. The van der Waals surface area contributed by atoms with Gasteiger partial charge in [-0.3, -0.25) is 14.5 Å². The van der Waals surface area contributed by atoms with Gasteiger partial charge >= 0.3 is 0 Å². The number of carbonyl (C=O) groups excluding carboxylic acids is 2. The second kappa shape index (κ2) is 6.34. The molecule has 1 aliphatic rings. The topological polar surface area (TPSA) is 79.6 Å². The zero-order chi connectivity index (χ0) is 17.3. The highest BCUT2D eigenvalue weighted by Crippen LogP contribution is 2.37. The van der Waals surface area contributed by atoms with Crippen LogP contribution in [-0.4, -0.2) is 30.9 Å². The van der Waals surface area contributed by atoms with Crippen molar-refractivity contribution in [3.63, 3.8) is 0 Å². The van der Waals surface area contributed by atoms with E-state index in [0.29, 0.717) is 28.2 Å². The molecule has 1 aromatic heterocycles. The molecule has 6 nitrogen and oxygen atoms in total. The Morgan fingerprint density at radius 1 is 1.12 bits per heavy atom. The van der Waals surface area contributed by atoms with Crippen molar-refractivity contribution in [3.8, 4) is 17.6 Å². The normalized spacial score (nSPS) is 14.3. The van der Waals surface area contributed by atoms with Crippen LogP contribution in [0.1, 0.15) is 38.7 Å². The summed E-state index contributed by atoms with van der Waals surface area (Å²) >= 11 is 1.31. The lowest BCUT2D eigenvalue weighted by Crippen LogP contribution is -2.34. The molecule has 2 aromatic rings. The van der Waals surface area contributed by atoms with E-state index in [2.05, 4.69) is 6.07 Å². The number of imide groups is 1. The van der Waals surface area contributed by atoms with Crippen molar-refractivity contribution in [1.82, 2.24) is 4.90 Å². The molecular formula is C17H14N2O4S. The third-order valence-electron chi connectivity index (χ3n) is 3.95. The van der Waals surface area contributed by atoms with Gasteiger partial charge in [-0.25, -0.2) is 0 Å². The molecule has 0 saturated carbocycles. The molecule has 0 N–H and O–H groups in total. The van der Waals surface area contributed by atoms with E-state index in [1.165, 1.54) is 25.6 Å². The zero-order valence-corrected chi connectivity index (χ0v) is 13.9. The number of benzene rings is 1. The maximum Gasteiger partial charge on any atom is 0.263 e. The van der Waals surface area contributed by atoms with Crippen LogP contribution >= 0.6 is 11.3 Å². The largest absolute Gasteiger partial charge is 0.493 e. The lowest BCUT2D eigenvalue weighted by atomic mass is 10.0. The SMILES string of the molecule is COc1ccc(C(CC#N)N2C(=O)c3cscc3C2=O)cc1OC. The van der Waals surface area contributed by atoms with Gasteiger partial charge in [0, 0.05) is 10.8 Å². The Labute approximate surface area is 142 Å².